The molecule has 0 atom stereocenters. The van der Waals surface area contributed by atoms with E-state index in [2.05, 4.69) is 55.2 Å². The molecule has 174 valence electrons. The van der Waals surface area contributed by atoms with Gasteiger partial charge in [0.15, 0.2) is 5.65 Å². The van der Waals surface area contributed by atoms with Crippen LogP contribution in [0.4, 0.5) is 5.82 Å². The number of hydrogen-bond donors (Lipinski definition) is 1. The minimum absolute atomic E-state index is 0.0297. The van der Waals surface area contributed by atoms with Crippen molar-refractivity contribution in [2.24, 2.45) is 0 Å². The number of pyridine rings is 1. The number of nitrogens with zero attached hydrogens (tertiary/aromatic N) is 4. The summed E-state index contributed by atoms with van der Waals surface area (Å²) in [5, 5.41) is 7.47. The molecule has 0 bridgehead atoms. The van der Waals surface area contributed by atoms with Crippen LogP contribution in [0.5, 0.6) is 0 Å². The molecule has 0 fully saturated rings. The van der Waals surface area contributed by atoms with Gasteiger partial charge in [0, 0.05) is 29.1 Å². The maximum Gasteiger partial charge on any atom is 0.256 e. The van der Waals surface area contributed by atoms with Gasteiger partial charge in [0.2, 0.25) is 0 Å². The van der Waals surface area contributed by atoms with E-state index < -0.39 is 0 Å². The molecule has 0 radical (unpaired) electrons. The summed E-state index contributed by atoms with van der Waals surface area (Å²) in [5.41, 5.74) is 7.24. The minimum Gasteiger partial charge on any atom is -0.307 e. The summed E-state index contributed by atoms with van der Waals surface area (Å²) < 4.78 is 1.82. The van der Waals surface area contributed by atoms with Gasteiger partial charge in [-0.05, 0) is 60.4 Å². The van der Waals surface area contributed by atoms with Gasteiger partial charge in [-0.25, -0.2) is 14.5 Å². The van der Waals surface area contributed by atoms with E-state index in [1.807, 2.05) is 65.2 Å². The topological polar surface area (TPSA) is 72.2 Å². The Balaban J connectivity index is 1.51. The van der Waals surface area contributed by atoms with Gasteiger partial charge in [-0.3, -0.25) is 4.79 Å². The summed E-state index contributed by atoms with van der Waals surface area (Å²) >= 11 is 0. The second-order valence-corrected chi connectivity index (χ2v) is 9.68. The van der Waals surface area contributed by atoms with Crippen LogP contribution in [0.3, 0.4) is 0 Å². The molecule has 0 saturated carbocycles. The minimum atomic E-state index is -0.203. The van der Waals surface area contributed by atoms with Crippen molar-refractivity contribution in [1.82, 2.24) is 19.6 Å². The highest BCUT2D eigenvalue weighted by molar-refractivity contribution is 6.04. The fourth-order valence-corrected chi connectivity index (χ4v) is 4.10. The molecule has 3 heterocycles. The van der Waals surface area contributed by atoms with Crippen molar-refractivity contribution in [3.63, 3.8) is 0 Å². The van der Waals surface area contributed by atoms with Gasteiger partial charge in [0.05, 0.1) is 5.69 Å². The summed E-state index contributed by atoms with van der Waals surface area (Å²) in [6.45, 7) is 8.51. The van der Waals surface area contributed by atoms with Crippen LogP contribution in [0.1, 0.15) is 42.3 Å². The van der Waals surface area contributed by atoms with E-state index in [-0.39, 0.29) is 11.3 Å². The lowest BCUT2D eigenvalue weighted by atomic mass is 9.87. The molecule has 2 aromatic carbocycles. The van der Waals surface area contributed by atoms with E-state index in [0.29, 0.717) is 11.4 Å². The van der Waals surface area contributed by atoms with Crippen molar-refractivity contribution >= 4 is 17.4 Å². The molecule has 3 aromatic heterocycles. The van der Waals surface area contributed by atoms with E-state index in [9.17, 15) is 4.79 Å². The normalized spacial score (nSPS) is 11.5. The fraction of sp³-hybridized carbons (Fsp3) is 0.172. The number of aryl methyl sites for hydroxylation is 1. The molecule has 6 nitrogen and oxygen atoms in total. The average Bonchev–Trinajstić information content (AvgIpc) is 3.23. The Morgan fingerprint density at radius 2 is 1.69 bits per heavy atom. The third kappa shape index (κ3) is 4.55. The summed E-state index contributed by atoms with van der Waals surface area (Å²) in [6.07, 6.45) is 3.43. The summed E-state index contributed by atoms with van der Waals surface area (Å²) in [4.78, 5) is 22.2. The van der Waals surface area contributed by atoms with Crippen molar-refractivity contribution in [1.29, 1.82) is 0 Å². The Morgan fingerprint density at radius 3 is 2.43 bits per heavy atom. The largest absolute Gasteiger partial charge is 0.307 e. The van der Waals surface area contributed by atoms with E-state index in [1.54, 1.807) is 12.4 Å². The van der Waals surface area contributed by atoms with Gasteiger partial charge in [0.1, 0.15) is 11.5 Å². The maximum absolute atomic E-state index is 12.9. The van der Waals surface area contributed by atoms with E-state index >= 15 is 0 Å². The van der Waals surface area contributed by atoms with Gasteiger partial charge in [-0.2, -0.15) is 5.10 Å². The highest BCUT2D eigenvalue weighted by Crippen LogP contribution is 2.33. The first kappa shape index (κ1) is 22.5. The molecular weight excluding hydrogens is 434 g/mol. The van der Waals surface area contributed by atoms with Crippen LogP contribution in [0.2, 0.25) is 0 Å². The van der Waals surface area contributed by atoms with Crippen LogP contribution in [0.25, 0.3) is 28.2 Å². The molecule has 0 aliphatic heterocycles. The molecule has 0 aliphatic carbocycles. The van der Waals surface area contributed by atoms with Gasteiger partial charge < -0.3 is 5.32 Å². The Morgan fingerprint density at radius 1 is 0.886 bits per heavy atom. The quantitative estimate of drug-likeness (QED) is 0.340. The number of amides is 1. The molecule has 0 spiro atoms. The molecule has 0 unspecified atom stereocenters. The zero-order chi connectivity index (χ0) is 24.6. The summed E-state index contributed by atoms with van der Waals surface area (Å²) in [6, 6.07) is 23.5. The predicted octanol–water partition coefficient (Wildman–Crippen LogP) is 6.32. The van der Waals surface area contributed by atoms with E-state index in [1.165, 1.54) is 5.56 Å². The number of carbonyl (C=O) groups is 1. The summed E-state index contributed by atoms with van der Waals surface area (Å²) in [7, 11) is 0. The maximum atomic E-state index is 12.9. The van der Waals surface area contributed by atoms with Crippen LogP contribution >= 0.6 is 0 Å². The van der Waals surface area contributed by atoms with Crippen LogP contribution < -0.4 is 5.32 Å². The highest BCUT2D eigenvalue weighted by atomic mass is 16.1. The van der Waals surface area contributed by atoms with E-state index in [0.717, 1.165) is 33.7 Å². The van der Waals surface area contributed by atoms with Crippen LogP contribution in [0, 0.1) is 6.92 Å². The molecule has 0 aliphatic rings. The van der Waals surface area contributed by atoms with Crippen molar-refractivity contribution in [3.8, 4) is 22.5 Å². The smallest absolute Gasteiger partial charge is 0.256 e. The summed E-state index contributed by atoms with van der Waals surface area (Å²) in [5.74, 6) is 0.263. The zero-order valence-corrected chi connectivity index (χ0v) is 20.3. The first-order chi connectivity index (χ1) is 16.8. The Labute approximate surface area is 204 Å². The number of nitrogens with one attached hydrogen (secondary N) is 1. The van der Waals surface area contributed by atoms with Gasteiger partial charge >= 0.3 is 0 Å². The monoisotopic (exact) mass is 461 g/mol. The molecule has 1 N–H and O–H groups in total. The van der Waals surface area contributed by atoms with Crippen LogP contribution in [-0.2, 0) is 5.41 Å². The van der Waals surface area contributed by atoms with E-state index in [4.69, 9.17) is 4.98 Å². The highest BCUT2D eigenvalue weighted by Gasteiger charge is 2.18. The lowest BCUT2D eigenvalue weighted by molar-refractivity contribution is 0.102. The first-order valence-electron chi connectivity index (χ1n) is 11.6. The third-order valence-electron chi connectivity index (χ3n) is 5.97. The number of rotatable bonds is 4. The fourth-order valence-electron chi connectivity index (χ4n) is 4.10. The molecule has 5 rings (SSSR count). The zero-order valence-electron chi connectivity index (χ0n) is 20.3. The van der Waals surface area contributed by atoms with Crippen molar-refractivity contribution in [2.75, 3.05) is 5.32 Å². The molecule has 5 aromatic rings. The third-order valence-corrected chi connectivity index (χ3v) is 5.97. The average molecular weight is 462 g/mol. The Bertz CT molecular complexity index is 1530. The van der Waals surface area contributed by atoms with Crippen molar-refractivity contribution < 1.29 is 4.79 Å². The number of hydrogen-bond acceptors (Lipinski definition) is 4. The standard InChI is InChI=1S/C29H27N5O/c1-19-7-5-8-21(17-19)26-27(34-25(33-26)9-6-15-31-34)22-14-16-30-24(18-22)32-28(35)20-10-12-23(13-11-20)29(2,3)4/h5-18H,1-4H3,(H,30,32,35). The number of fused-ring (bicyclic) bond motifs is 1. The molecule has 6 heteroatoms. The number of aromatic nitrogens is 4. The van der Waals surface area contributed by atoms with Crippen molar-refractivity contribution in [3.05, 3.63) is 102 Å². The SMILES string of the molecule is Cc1cccc(-c2nc3cccnn3c2-c2ccnc(NC(=O)c3ccc(C(C)(C)C)cc3)c2)c1. The molecule has 35 heavy (non-hydrogen) atoms. The lowest BCUT2D eigenvalue weighted by Crippen LogP contribution is -2.15. The second kappa shape index (κ2) is 8.80. The number of carbonyl (C=O) groups excluding carboxylic acids is 1. The molecule has 0 saturated heterocycles. The molecular formula is C29H27N5O. The number of imidazole rings is 1. The Kier molecular flexibility index (Phi) is 5.65. The predicted molar refractivity (Wildman–Crippen MR) is 139 cm³/mol. The Hall–Kier alpha value is -4.32. The number of benzene rings is 2. The van der Waals surface area contributed by atoms with Gasteiger partial charge in [-0.1, -0.05) is 56.7 Å². The first-order valence-corrected chi connectivity index (χ1v) is 11.6. The van der Waals surface area contributed by atoms with Gasteiger partial charge in [0.25, 0.3) is 5.91 Å². The van der Waals surface area contributed by atoms with Gasteiger partial charge in [-0.15, -0.1) is 0 Å². The molecule has 1 amide bonds. The van der Waals surface area contributed by atoms with Crippen LogP contribution in [0.15, 0.2) is 85.2 Å². The van der Waals surface area contributed by atoms with Crippen molar-refractivity contribution in [2.45, 2.75) is 33.1 Å². The van der Waals surface area contributed by atoms with Crippen LogP contribution in [-0.4, -0.2) is 25.5 Å². The lowest BCUT2D eigenvalue weighted by Gasteiger charge is -2.19. The second-order valence-electron chi connectivity index (χ2n) is 9.68. The number of anilines is 1.